The number of benzene rings is 1. The fourth-order valence-corrected chi connectivity index (χ4v) is 3.14. The van der Waals surface area contributed by atoms with Gasteiger partial charge in [0.05, 0.1) is 11.6 Å². The summed E-state index contributed by atoms with van der Waals surface area (Å²) in [5.74, 6) is 0. The Morgan fingerprint density at radius 3 is 2.67 bits per heavy atom. The molecule has 0 bridgehead atoms. The summed E-state index contributed by atoms with van der Waals surface area (Å²) in [6.07, 6.45) is 3.78. The molecule has 0 aliphatic heterocycles. The van der Waals surface area contributed by atoms with Crippen molar-refractivity contribution in [2.75, 3.05) is 13.7 Å². The van der Waals surface area contributed by atoms with Crippen LogP contribution in [-0.2, 0) is 17.6 Å². The SMILES string of the molecule is CCOC(C)(C)C(NC)c1ccc2c(c1)CCC2. The largest absolute Gasteiger partial charge is 0.374 e. The highest BCUT2D eigenvalue weighted by atomic mass is 16.5. The van der Waals surface area contributed by atoms with Crippen LogP contribution in [0.2, 0.25) is 0 Å². The lowest BCUT2D eigenvalue weighted by Crippen LogP contribution is -2.40. The molecule has 0 amide bonds. The second kappa shape index (κ2) is 5.41. The van der Waals surface area contributed by atoms with Crippen molar-refractivity contribution in [1.29, 1.82) is 0 Å². The van der Waals surface area contributed by atoms with Crippen LogP contribution in [0.3, 0.4) is 0 Å². The minimum absolute atomic E-state index is 0.184. The van der Waals surface area contributed by atoms with E-state index in [1.54, 1.807) is 0 Å². The van der Waals surface area contributed by atoms with Gasteiger partial charge in [-0.3, -0.25) is 0 Å². The lowest BCUT2D eigenvalue weighted by atomic mass is 9.90. The number of likely N-dealkylation sites (N-methyl/N-ethyl adjacent to an activating group) is 1. The number of fused-ring (bicyclic) bond motifs is 1. The molecule has 1 aliphatic rings. The number of nitrogens with one attached hydrogen (secondary N) is 1. The van der Waals surface area contributed by atoms with E-state index in [0.717, 1.165) is 6.61 Å². The molecule has 1 atom stereocenters. The minimum Gasteiger partial charge on any atom is -0.374 e. The number of ether oxygens (including phenoxy) is 1. The van der Waals surface area contributed by atoms with Gasteiger partial charge in [-0.05, 0) is 63.8 Å². The third-order valence-electron chi connectivity index (χ3n) is 3.96. The summed E-state index contributed by atoms with van der Waals surface area (Å²) in [6.45, 7) is 7.11. The number of rotatable bonds is 5. The third kappa shape index (κ3) is 2.60. The molecule has 1 N–H and O–H groups in total. The molecule has 2 rings (SSSR count). The van der Waals surface area contributed by atoms with Gasteiger partial charge in [0.1, 0.15) is 0 Å². The van der Waals surface area contributed by atoms with E-state index in [0.29, 0.717) is 0 Å². The summed E-state index contributed by atoms with van der Waals surface area (Å²) in [5, 5.41) is 3.41. The molecule has 1 unspecified atom stereocenters. The Morgan fingerprint density at radius 1 is 1.28 bits per heavy atom. The standard InChI is InChI=1S/C16H25NO/c1-5-18-16(2,3)15(17-4)14-10-9-12-7-6-8-13(12)11-14/h9-11,15,17H,5-8H2,1-4H3. The normalized spacial score (nSPS) is 16.7. The Kier molecular flexibility index (Phi) is 4.08. The van der Waals surface area contributed by atoms with Crippen molar-refractivity contribution in [3.8, 4) is 0 Å². The van der Waals surface area contributed by atoms with Crippen LogP contribution in [0.15, 0.2) is 18.2 Å². The van der Waals surface area contributed by atoms with Crippen LogP contribution in [0.25, 0.3) is 0 Å². The molecule has 0 saturated carbocycles. The second-order valence-corrected chi connectivity index (χ2v) is 5.64. The van der Waals surface area contributed by atoms with Crippen molar-refractivity contribution in [3.05, 3.63) is 34.9 Å². The molecule has 0 heterocycles. The summed E-state index contributed by atoms with van der Waals surface area (Å²) in [4.78, 5) is 0. The zero-order chi connectivity index (χ0) is 13.2. The predicted molar refractivity (Wildman–Crippen MR) is 76.0 cm³/mol. The third-order valence-corrected chi connectivity index (χ3v) is 3.96. The van der Waals surface area contributed by atoms with Crippen molar-refractivity contribution in [2.24, 2.45) is 0 Å². The summed E-state index contributed by atoms with van der Waals surface area (Å²) in [6, 6.07) is 7.16. The van der Waals surface area contributed by atoms with Crippen molar-refractivity contribution in [3.63, 3.8) is 0 Å². The van der Waals surface area contributed by atoms with Crippen LogP contribution in [0, 0.1) is 0 Å². The van der Waals surface area contributed by atoms with Crippen molar-refractivity contribution < 1.29 is 4.74 Å². The number of hydrogen-bond acceptors (Lipinski definition) is 2. The fourth-order valence-electron chi connectivity index (χ4n) is 3.14. The molecule has 2 nitrogen and oxygen atoms in total. The molecule has 0 spiro atoms. The van der Waals surface area contributed by atoms with Gasteiger partial charge in [0.2, 0.25) is 0 Å². The van der Waals surface area contributed by atoms with E-state index in [1.807, 2.05) is 7.05 Å². The van der Waals surface area contributed by atoms with Crippen molar-refractivity contribution in [2.45, 2.75) is 51.7 Å². The van der Waals surface area contributed by atoms with Gasteiger partial charge < -0.3 is 10.1 Å². The fraction of sp³-hybridized carbons (Fsp3) is 0.625. The molecule has 0 aromatic heterocycles. The Hall–Kier alpha value is -0.860. The molecular formula is C16H25NO. The summed E-state index contributed by atoms with van der Waals surface area (Å²) >= 11 is 0. The van der Waals surface area contributed by atoms with E-state index in [-0.39, 0.29) is 11.6 Å². The van der Waals surface area contributed by atoms with Crippen LogP contribution < -0.4 is 5.32 Å². The highest BCUT2D eigenvalue weighted by Gasteiger charge is 2.30. The summed E-state index contributed by atoms with van der Waals surface area (Å²) < 4.78 is 5.89. The maximum atomic E-state index is 5.89. The van der Waals surface area contributed by atoms with E-state index < -0.39 is 0 Å². The van der Waals surface area contributed by atoms with E-state index in [2.05, 4.69) is 44.3 Å². The molecule has 2 heteroatoms. The van der Waals surface area contributed by atoms with Crippen LogP contribution in [0.4, 0.5) is 0 Å². The Morgan fingerprint density at radius 2 is 2.00 bits per heavy atom. The lowest BCUT2D eigenvalue weighted by Gasteiger charge is -2.34. The van der Waals surface area contributed by atoms with E-state index in [4.69, 9.17) is 4.74 Å². The van der Waals surface area contributed by atoms with Gasteiger partial charge in [0, 0.05) is 6.61 Å². The van der Waals surface area contributed by atoms with Crippen LogP contribution in [0.5, 0.6) is 0 Å². The van der Waals surface area contributed by atoms with Crippen molar-refractivity contribution in [1.82, 2.24) is 5.32 Å². The first kappa shape index (κ1) is 13.6. The molecule has 100 valence electrons. The van der Waals surface area contributed by atoms with Gasteiger partial charge in [0.25, 0.3) is 0 Å². The molecule has 0 radical (unpaired) electrons. The van der Waals surface area contributed by atoms with Crippen LogP contribution in [0.1, 0.15) is 49.9 Å². The lowest BCUT2D eigenvalue weighted by molar-refractivity contribution is -0.0374. The van der Waals surface area contributed by atoms with Gasteiger partial charge in [0.15, 0.2) is 0 Å². The van der Waals surface area contributed by atoms with Crippen LogP contribution >= 0.6 is 0 Å². The summed E-state index contributed by atoms with van der Waals surface area (Å²) in [7, 11) is 2.01. The molecular weight excluding hydrogens is 222 g/mol. The molecule has 0 fully saturated rings. The number of hydrogen-bond donors (Lipinski definition) is 1. The highest BCUT2D eigenvalue weighted by Crippen LogP contribution is 2.32. The van der Waals surface area contributed by atoms with Gasteiger partial charge >= 0.3 is 0 Å². The second-order valence-electron chi connectivity index (χ2n) is 5.64. The molecule has 1 aliphatic carbocycles. The Bertz CT molecular complexity index is 412. The topological polar surface area (TPSA) is 21.3 Å². The van der Waals surface area contributed by atoms with Gasteiger partial charge in [-0.25, -0.2) is 0 Å². The monoisotopic (exact) mass is 247 g/mol. The number of aryl methyl sites for hydroxylation is 2. The van der Waals surface area contributed by atoms with E-state index >= 15 is 0 Å². The average Bonchev–Trinajstić information content (AvgIpc) is 2.76. The zero-order valence-electron chi connectivity index (χ0n) is 12.0. The zero-order valence-corrected chi connectivity index (χ0v) is 12.0. The Labute approximate surface area is 111 Å². The first-order chi connectivity index (χ1) is 8.58. The maximum Gasteiger partial charge on any atom is 0.0820 e. The van der Waals surface area contributed by atoms with Gasteiger partial charge in [-0.15, -0.1) is 0 Å². The van der Waals surface area contributed by atoms with Gasteiger partial charge in [-0.1, -0.05) is 18.2 Å². The Balaban J connectivity index is 2.27. The summed E-state index contributed by atoms with van der Waals surface area (Å²) in [5.41, 5.74) is 4.22. The molecule has 1 aromatic carbocycles. The van der Waals surface area contributed by atoms with E-state index in [9.17, 15) is 0 Å². The molecule has 0 saturated heterocycles. The smallest absolute Gasteiger partial charge is 0.0820 e. The van der Waals surface area contributed by atoms with Crippen LogP contribution in [-0.4, -0.2) is 19.3 Å². The average molecular weight is 247 g/mol. The highest BCUT2D eigenvalue weighted by molar-refractivity contribution is 5.37. The first-order valence-corrected chi connectivity index (χ1v) is 7.01. The quantitative estimate of drug-likeness (QED) is 0.862. The van der Waals surface area contributed by atoms with E-state index in [1.165, 1.54) is 36.0 Å². The predicted octanol–water partition coefficient (Wildman–Crippen LogP) is 3.25. The molecule has 18 heavy (non-hydrogen) atoms. The molecule has 1 aromatic rings. The first-order valence-electron chi connectivity index (χ1n) is 7.01. The minimum atomic E-state index is -0.184. The maximum absolute atomic E-state index is 5.89. The van der Waals surface area contributed by atoms with Gasteiger partial charge in [-0.2, -0.15) is 0 Å². The van der Waals surface area contributed by atoms with Crippen molar-refractivity contribution >= 4 is 0 Å².